The molecule has 1 aliphatic heterocycles. The molecule has 86 valence electrons. The maximum Gasteiger partial charge on any atom is 0.223 e. The van der Waals surface area contributed by atoms with Gasteiger partial charge in [-0.15, -0.1) is 0 Å². The van der Waals surface area contributed by atoms with Crippen LogP contribution >= 0.6 is 11.6 Å². The molecule has 0 saturated carbocycles. The van der Waals surface area contributed by atoms with Gasteiger partial charge in [-0.05, 0) is 38.1 Å². The molecule has 0 unspecified atom stereocenters. The SMILES string of the molecule is CC1(C)COC(COc2ccc(Cl)cc2)=N1. The number of halogens is 1. The highest BCUT2D eigenvalue weighted by molar-refractivity contribution is 6.30. The summed E-state index contributed by atoms with van der Waals surface area (Å²) in [6.07, 6.45) is 0. The average molecular weight is 240 g/mol. The largest absolute Gasteiger partial charge is 0.484 e. The van der Waals surface area contributed by atoms with Gasteiger partial charge in [0.1, 0.15) is 12.4 Å². The molecule has 1 aromatic carbocycles. The molecule has 0 amide bonds. The van der Waals surface area contributed by atoms with Crippen molar-refractivity contribution in [2.24, 2.45) is 4.99 Å². The fourth-order valence-corrected chi connectivity index (χ4v) is 1.54. The summed E-state index contributed by atoms with van der Waals surface area (Å²) in [5.41, 5.74) is -0.126. The first-order valence-electron chi connectivity index (χ1n) is 5.15. The Morgan fingerprint density at radius 3 is 2.62 bits per heavy atom. The topological polar surface area (TPSA) is 30.8 Å². The molecule has 0 atom stereocenters. The van der Waals surface area contributed by atoms with Gasteiger partial charge in [-0.3, -0.25) is 0 Å². The van der Waals surface area contributed by atoms with E-state index in [1.54, 1.807) is 12.1 Å². The smallest absolute Gasteiger partial charge is 0.223 e. The van der Waals surface area contributed by atoms with Crippen molar-refractivity contribution in [1.29, 1.82) is 0 Å². The quantitative estimate of drug-likeness (QED) is 0.812. The van der Waals surface area contributed by atoms with Gasteiger partial charge < -0.3 is 9.47 Å². The second-order valence-corrected chi connectivity index (χ2v) is 4.79. The Hall–Kier alpha value is -1.22. The van der Waals surface area contributed by atoms with Crippen LogP contribution in [0.4, 0.5) is 0 Å². The zero-order valence-electron chi connectivity index (χ0n) is 9.37. The van der Waals surface area contributed by atoms with Gasteiger partial charge >= 0.3 is 0 Å². The molecule has 3 nitrogen and oxygen atoms in total. The molecule has 0 radical (unpaired) electrons. The monoisotopic (exact) mass is 239 g/mol. The van der Waals surface area contributed by atoms with Gasteiger partial charge in [0.15, 0.2) is 6.61 Å². The van der Waals surface area contributed by atoms with Gasteiger partial charge in [-0.25, -0.2) is 4.99 Å². The van der Waals surface area contributed by atoms with Crippen molar-refractivity contribution in [3.05, 3.63) is 29.3 Å². The standard InChI is InChI=1S/C12H14ClNO2/c1-12(2)8-16-11(14-12)7-15-10-5-3-9(13)4-6-10/h3-6H,7-8H2,1-2H3. The predicted molar refractivity (Wildman–Crippen MR) is 64.4 cm³/mol. The summed E-state index contributed by atoms with van der Waals surface area (Å²) in [6, 6.07) is 7.22. The van der Waals surface area contributed by atoms with Gasteiger partial charge in [-0.2, -0.15) is 0 Å². The van der Waals surface area contributed by atoms with Crippen LogP contribution < -0.4 is 4.74 Å². The minimum Gasteiger partial charge on any atom is -0.484 e. The summed E-state index contributed by atoms with van der Waals surface area (Å²) in [5, 5.41) is 0.697. The van der Waals surface area contributed by atoms with E-state index in [4.69, 9.17) is 21.1 Å². The molecule has 2 rings (SSSR count). The third-order valence-corrected chi connectivity index (χ3v) is 2.45. The van der Waals surface area contributed by atoms with E-state index in [9.17, 15) is 0 Å². The van der Waals surface area contributed by atoms with E-state index in [-0.39, 0.29) is 5.54 Å². The number of hydrogen-bond acceptors (Lipinski definition) is 3. The highest BCUT2D eigenvalue weighted by atomic mass is 35.5. The van der Waals surface area contributed by atoms with Crippen LogP contribution in [-0.4, -0.2) is 24.7 Å². The summed E-state index contributed by atoms with van der Waals surface area (Å²) >= 11 is 5.77. The van der Waals surface area contributed by atoms with E-state index in [1.165, 1.54) is 0 Å². The van der Waals surface area contributed by atoms with Crippen molar-refractivity contribution in [3.8, 4) is 5.75 Å². The lowest BCUT2D eigenvalue weighted by Crippen LogP contribution is -2.17. The van der Waals surface area contributed by atoms with Gasteiger partial charge in [0.05, 0.1) is 5.54 Å². The molecule has 0 bridgehead atoms. The highest BCUT2D eigenvalue weighted by Gasteiger charge is 2.26. The molecule has 4 heteroatoms. The maximum atomic E-state index is 5.77. The van der Waals surface area contributed by atoms with Crippen LogP contribution in [0.3, 0.4) is 0 Å². The van der Waals surface area contributed by atoms with Crippen molar-refractivity contribution < 1.29 is 9.47 Å². The van der Waals surface area contributed by atoms with Gasteiger partial charge in [0.2, 0.25) is 5.90 Å². The lowest BCUT2D eigenvalue weighted by Gasteiger charge is -2.07. The number of hydrogen-bond donors (Lipinski definition) is 0. The van der Waals surface area contributed by atoms with Crippen LogP contribution in [0.5, 0.6) is 5.75 Å². The van der Waals surface area contributed by atoms with Crippen LogP contribution in [0.25, 0.3) is 0 Å². The number of rotatable bonds is 3. The van der Waals surface area contributed by atoms with Crippen molar-refractivity contribution in [2.45, 2.75) is 19.4 Å². The molecule has 0 N–H and O–H groups in total. The summed E-state index contributed by atoms with van der Waals surface area (Å²) in [5.74, 6) is 1.42. The molecule has 1 aromatic rings. The zero-order chi connectivity index (χ0) is 11.6. The summed E-state index contributed by atoms with van der Waals surface area (Å²) < 4.78 is 10.9. The fraction of sp³-hybridized carbons (Fsp3) is 0.417. The molecule has 1 aliphatic rings. The Kier molecular flexibility index (Phi) is 3.06. The van der Waals surface area contributed by atoms with E-state index in [1.807, 2.05) is 26.0 Å². The molecular formula is C12H14ClNO2. The van der Waals surface area contributed by atoms with Crippen LogP contribution in [-0.2, 0) is 4.74 Å². The minimum atomic E-state index is -0.126. The van der Waals surface area contributed by atoms with E-state index < -0.39 is 0 Å². The Morgan fingerprint density at radius 1 is 1.38 bits per heavy atom. The van der Waals surface area contributed by atoms with Crippen LogP contribution in [0, 0.1) is 0 Å². The van der Waals surface area contributed by atoms with E-state index in [0.29, 0.717) is 24.1 Å². The average Bonchev–Trinajstić information content (AvgIpc) is 2.58. The number of ether oxygens (including phenoxy) is 2. The Bertz CT molecular complexity index is 398. The molecule has 1 heterocycles. The number of benzene rings is 1. The normalized spacial score (nSPS) is 17.8. The summed E-state index contributed by atoms with van der Waals surface area (Å²) in [7, 11) is 0. The van der Waals surface area contributed by atoms with E-state index >= 15 is 0 Å². The molecule has 0 fully saturated rings. The number of nitrogens with zero attached hydrogens (tertiary/aromatic N) is 1. The second kappa shape index (κ2) is 4.34. The summed E-state index contributed by atoms with van der Waals surface area (Å²) in [6.45, 7) is 5.04. The maximum absolute atomic E-state index is 5.77. The molecular weight excluding hydrogens is 226 g/mol. The Morgan fingerprint density at radius 2 is 2.06 bits per heavy atom. The van der Waals surface area contributed by atoms with Gasteiger partial charge in [0, 0.05) is 5.02 Å². The fourth-order valence-electron chi connectivity index (χ4n) is 1.41. The third-order valence-electron chi connectivity index (χ3n) is 2.20. The summed E-state index contributed by atoms with van der Waals surface area (Å²) in [4.78, 5) is 4.40. The highest BCUT2D eigenvalue weighted by Crippen LogP contribution is 2.19. The van der Waals surface area contributed by atoms with Crippen molar-refractivity contribution in [2.75, 3.05) is 13.2 Å². The molecule has 0 aromatic heterocycles. The van der Waals surface area contributed by atoms with E-state index in [0.717, 1.165) is 5.75 Å². The van der Waals surface area contributed by atoms with Crippen molar-refractivity contribution in [1.82, 2.24) is 0 Å². The van der Waals surface area contributed by atoms with Crippen molar-refractivity contribution in [3.63, 3.8) is 0 Å². The van der Waals surface area contributed by atoms with E-state index in [2.05, 4.69) is 4.99 Å². The van der Waals surface area contributed by atoms with Gasteiger partial charge in [0.25, 0.3) is 0 Å². The molecule has 0 saturated heterocycles. The first-order chi connectivity index (χ1) is 7.55. The lowest BCUT2D eigenvalue weighted by molar-refractivity contribution is 0.255. The van der Waals surface area contributed by atoms with Crippen LogP contribution in [0.15, 0.2) is 29.3 Å². The zero-order valence-corrected chi connectivity index (χ0v) is 10.1. The molecule has 16 heavy (non-hydrogen) atoms. The molecule has 0 aliphatic carbocycles. The Balaban J connectivity index is 1.91. The second-order valence-electron chi connectivity index (χ2n) is 4.35. The van der Waals surface area contributed by atoms with Gasteiger partial charge in [-0.1, -0.05) is 11.6 Å². The molecule has 0 spiro atoms. The lowest BCUT2D eigenvalue weighted by atomic mass is 10.1. The first-order valence-corrected chi connectivity index (χ1v) is 5.53. The van der Waals surface area contributed by atoms with Crippen LogP contribution in [0.2, 0.25) is 5.02 Å². The first kappa shape index (κ1) is 11.3. The Labute approximate surface area is 100 Å². The van der Waals surface area contributed by atoms with Crippen molar-refractivity contribution >= 4 is 17.5 Å². The third kappa shape index (κ3) is 2.89. The minimum absolute atomic E-state index is 0.126. The number of aliphatic imine (C=N–C) groups is 1. The van der Waals surface area contributed by atoms with Crippen LogP contribution in [0.1, 0.15) is 13.8 Å². The predicted octanol–water partition coefficient (Wildman–Crippen LogP) is 2.93.